The minimum absolute atomic E-state index is 0.220. The van der Waals surface area contributed by atoms with Crippen LogP contribution in [0.4, 0.5) is 0 Å². The van der Waals surface area contributed by atoms with Gasteiger partial charge in [-0.25, -0.2) is 0 Å². The maximum absolute atomic E-state index is 10.2. The van der Waals surface area contributed by atoms with Gasteiger partial charge in [-0.2, -0.15) is 0 Å². The van der Waals surface area contributed by atoms with Crippen LogP contribution in [0.2, 0.25) is 0 Å². The summed E-state index contributed by atoms with van der Waals surface area (Å²) < 4.78 is 5.42. The van der Waals surface area contributed by atoms with Crippen molar-refractivity contribution < 1.29 is 9.84 Å². The number of methoxy groups -OCH3 is 1. The van der Waals surface area contributed by atoms with Crippen molar-refractivity contribution in [3.63, 3.8) is 0 Å². The normalized spacial score (nSPS) is 16.8. The predicted molar refractivity (Wildman–Crippen MR) is 66.3 cm³/mol. The van der Waals surface area contributed by atoms with Gasteiger partial charge in [-0.15, -0.1) is 0 Å². The summed E-state index contributed by atoms with van der Waals surface area (Å²) in [6, 6.07) is 9.90. The average Bonchev–Trinajstić information content (AvgIpc) is 2.31. The summed E-state index contributed by atoms with van der Waals surface area (Å²) in [6.07, 6.45) is 1.45. The lowest BCUT2D eigenvalue weighted by Gasteiger charge is -2.26. The highest BCUT2D eigenvalue weighted by Crippen LogP contribution is 2.27. The Morgan fingerprint density at radius 2 is 1.88 bits per heavy atom. The van der Waals surface area contributed by atoms with Crippen LogP contribution in [-0.4, -0.2) is 18.3 Å². The fourth-order valence-electron chi connectivity index (χ4n) is 2.04. The molecule has 0 bridgehead atoms. The first-order chi connectivity index (χ1) is 7.70. The average molecular weight is 222 g/mol. The molecule has 2 nitrogen and oxygen atoms in total. The van der Waals surface area contributed by atoms with Gasteiger partial charge in [0.15, 0.2) is 0 Å². The maximum Gasteiger partial charge on any atom is 0.108 e. The van der Waals surface area contributed by atoms with E-state index in [9.17, 15) is 5.11 Å². The van der Waals surface area contributed by atoms with Crippen LogP contribution in [0.3, 0.4) is 0 Å². The predicted octanol–water partition coefficient (Wildman–Crippen LogP) is 3.17. The van der Waals surface area contributed by atoms with Crippen molar-refractivity contribution in [2.24, 2.45) is 5.92 Å². The van der Waals surface area contributed by atoms with Crippen LogP contribution < -0.4 is 0 Å². The number of aliphatic hydroxyl groups is 1. The molecule has 0 aromatic heterocycles. The van der Waals surface area contributed by atoms with E-state index in [1.165, 1.54) is 0 Å². The number of aliphatic hydroxyl groups excluding tert-OH is 1. The molecule has 3 unspecified atom stereocenters. The Morgan fingerprint density at radius 3 is 2.38 bits per heavy atom. The second kappa shape index (κ2) is 6.66. The van der Waals surface area contributed by atoms with Crippen LogP contribution in [0.15, 0.2) is 30.3 Å². The van der Waals surface area contributed by atoms with Crippen LogP contribution in [0, 0.1) is 5.92 Å². The minimum atomic E-state index is -0.438. The van der Waals surface area contributed by atoms with E-state index in [0.717, 1.165) is 18.4 Å². The van der Waals surface area contributed by atoms with Crippen LogP contribution in [0.1, 0.15) is 38.4 Å². The van der Waals surface area contributed by atoms with Gasteiger partial charge < -0.3 is 9.84 Å². The third-order valence-electron chi connectivity index (χ3n) is 3.02. The third kappa shape index (κ3) is 3.32. The second-order valence-corrected chi connectivity index (χ2v) is 4.32. The molecule has 0 saturated carbocycles. The van der Waals surface area contributed by atoms with E-state index < -0.39 is 6.10 Å². The molecular formula is C14H22O2. The van der Waals surface area contributed by atoms with Gasteiger partial charge >= 0.3 is 0 Å². The molecule has 0 aliphatic heterocycles. The number of benzene rings is 1. The summed E-state index contributed by atoms with van der Waals surface area (Å²) >= 11 is 0. The van der Waals surface area contributed by atoms with Crippen molar-refractivity contribution in [3.8, 4) is 0 Å². The Hall–Kier alpha value is -0.860. The molecule has 0 fully saturated rings. The van der Waals surface area contributed by atoms with Gasteiger partial charge in [-0.3, -0.25) is 0 Å². The maximum atomic E-state index is 10.2. The van der Waals surface area contributed by atoms with E-state index in [1.807, 2.05) is 30.3 Å². The molecule has 90 valence electrons. The highest BCUT2D eigenvalue weighted by Gasteiger charge is 2.25. The Kier molecular flexibility index (Phi) is 5.50. The molecule has 0 saturated heterocycles. The number of hydrogen-bond acceptors (Lipinski definition) is 2. The molecule has 1 rings (SSSR count). The molecule has 0 amide bonds. The number of hydrogen-bond donors (Lipinski definition) is 1. The first-order valence-corrected chi connectivity index (χ1v) is 5.96. The van der Waals surface area contributed by atoms with Gasteiger partial charge in [0.05, 0.1) is 6.10 Å². The molecule has 0 spiro atoms. The van der Waals surface area contributed by atoms with Gasteiger partial charge in [0.1, 0.15) is 6.10 Å². The molecule has 0 heterocycles. The van der Waals surface area contributed by atoms with Crippen molar-refractivity contribution in [3.05, 3.63) is 35.9 Å². The van der Waals surface area contributed by atoms with E-state index in [2.05, 4.69) is 13.8 Å². The molecule has 2 heteroatoms. The first-order valence-electron chi connectivity index (χ1n) is 5.96. The van der Waals surface area contributed by atoms with Gasteiger partial charge in [-0.05, 0) is 17.9 Å². The van der Waals surface area contributed by atoms with Crippen molar-refractivity contribution >= 4 is 0 Å². The van der Waals surface area contributed by atoms with Gasteiger partial charge in [0, 0.05) is 7.11 Å². The summed E-state index contributed by atoms with van der Waals surface area (Å²) in [6.45, 7) is 4.21. The molecule has 3 atom stereocenters. The SMILES string of the molecule is CCCC(C)C(O)C(OC)c1ccccc1. The summed E-state index contributed by atoms with van der Waals surface area (Å²) in [7, 11) is 1.65. The standard InChI is InChI=1S/C14H22O2/c1-4-8-11(2)13(15)14(16-3)12-9-6-5-7-10-12/h5-7,9-11,13-15H,4,8H2,1-3H3. The fraction of sp³-hybridized carbons (Fsp3) is 0.571. The monoisotopic (exact) mass is 222 g/mol. The van der Waals surface area contributed by atoms with Gasteiger partial charge in [0.2, 0.25) is 0 Å². The lowest BCUT2D eigenvalue weighted by molar-refractivity contribution is -0.0415. The summed E-state index contributed by atoms with van der Waals surface area (Å²) in [5.41, 5.74) is 1.04. The van der Waals surface area contributed by atoms with E-state index in [-0.39, 0.29) is 12.0 Å². The van der Waals surface area contributed by atoms with E-state index in [1.54, 1.807) is 7.11 Å². The van der Waals surface area contributed by atoms with Crippen LogP contribution in [-0.2, 0) is 4.74 Å². The Balaban J connectivity index is 2.74. The molecule has 0 aliphatic carbocycles. The zero-order chi connectivity index (χ0) is 12.0. The van der Waals surface area contributed by atoms with Crippen LogP contribution >= 0.6 is 0 Å². The Labute approximate surface area is 98.3 Å². The third-order valence-corrected chi connectivity index (χ3v) is 3.02. The lowest BCUT2D eigenvalue weighted by atomic mass is 9.91. The fourth-order valence-corrected chi connectivity index (χ4v) is 2.04. The largest absolute Gasteiger partial charge is 0.390 e. The smallest absolute Gasteiger partial charge is 0.108 e. The number of ether oxygens (including phenoxy) is 1. The zero-order valence-corrected chi connectivity index (χ0v) is 10.4. The van der Waals surface area contributed by atoms with Crippen molar-refractivity contribution in [1.29, 1.82) is 0 Å². The molecule has 1 aromatic carbocycles. The van der Waals surface area contributed by atoms with Crippen LogP contribution in [0.5, 0.6) is 0 Å². The quantitative estimate of drug-likeness (QED) is 0.801. The van der Waals surface area contributed by atoms with E-state index in [4.69, 9.17) is 4.74 Å². The molecule has 16 heavy (non-hydrogen) atoms. The van der Waals surface area contributed by atoms with E-state index >= 15 is 0 Å². The molecule has 0 aliphatic rings. The summed E-state index contributed by atoms with van der Waals surface area (Å²) in [5, 5.41) is 10.2. The molecule has 1 aromatic rings. The zero-order valence-electron chi connectivity index (χ0n) is 10.4. The van der Waals surface area contributed by atoms with Crippen molar-refractivity contribution in [2.45, 2.75) is 38.9 Å². The lowest BCUT2D eigenvalue weighted by Crippen LogP contribution is -2.27. The highest BCUT2D eigenvalue weighted by atomic mass is 16.5. The Morgan fingerprint density at radius 1 is 1.25 bits per heavy atom. The minimum Gasteiger partial charge on any atom is -0.390 e. The van der Waals surface area contributed by atoms with Crippen molar-refractivity contribution in [2.75, 3.05) is 7.11 Å². The van der Waals surface area contributed by atoms with Gasteiger partial charge in [0.25, 0.3) is 0 Å². The topological polar surface area (TPSA) is 29.5 Å². The highest BCUT2D eigenvalue weighted by molar-refractivity contribution is 5.18. The van der Waals surface area contributed by atoms with Crippen LogP contribution in [0.25, 0.3) is 0 Å². The second-order valence-electron chi connectivity index (χ2n) is 4.32. The molecule has 1 N–H and O–H groups in total. The molecular weight excluding hydrogens is 200 g/mol. The summed E-state index contributed by atoms with van der Waals surface area (Å²) in [4.78, 5) is 0. The first kappa shape index (κ1) is 13.2. The van der Waals surface area contributed by atoms with Gasteiger partial charge in [-0.1, -0.05) is 50.6 Å². The number of rotatable bonds is 6. The summed E-state index contributed by atoms with van der Waals surface area (Å²) in [5.74, 6) is 0.259. The van der Waals surface area contributed by atoms with Crippen molar-refractivity contribution in [1.82, 2.24) is 0 Å². The Bertz CT molecular complexity index is 284. The molecule has 0 radical (unpaired) electrons. The van der Waals surface area contributed by atoms with E-state index in [0.29, 0.717) is 0 Å².